The molecule has 0 aliphatic rings. The van der Waals surface area contributed by atoms with E-state index in [1.807, 2.05) is 49.9 Å². The number of anilines is 1. The zero-order chi connectivity index (χ0) is 26.5. The molecule has 2 aromatic rings. The summed E-state index contributed by atoms with van der Waals surface area (Å²) < 4.78 is 0. The van der Waals surface area contributed by atoms with E-state index in [1.54, 1.807) is 34.6 Å². The van der Waals surface area contributed by atoms with Crippen LogP contribution >= 0.6 is 0 Å². The van der Waals surface area contributed by atoms with Crippen molar-refractivity contribution in [2.75, 3.05) is 18.0 Å². The molecule has 0 saturated carbocycles. The third kappa shape index (κ3) is 8.37. The summed E-state index contributed by atoms with van der Waals surface area (Å²) in [5.74, 6) is -0.627. The molecule has 36 heavy (non-hydrogen) atoms. The largest absolute Gasteiger partial charge is 0.506 e. The van der Waals surface area contributed by atoms with Crippen LogP contribution in [0.4, 0.5) is 5.69 Å². The molecular weight excluding hydrogens is 458 g/mol. The number of hydrogen-bond acceptors (Lipinski definition) is 5. The molecule has 1 atom stereocenters. The van der Waals surface area contributed by atoms with Crippen LogP contribution < -0.4 is 10.4 Å². The highest BCUT2D eigenvalue weighted by Gasteiger charge is 2.21. The molecule has 2 rings (SSSR count). The Morgan fingerprint density at radius 2 is 1.50 bits per heavy atom. The number of unbranched alkanes of at least 4 members (excludes halogenated alkanes) is 3. The lowest BCUT2D eigenvalue weighted by Gasteiger charge is -2.25. The van der Waals surface area contributed by atoms with Crippen LogP contribution in [0.2, 0.25) is 0 Å². The van der Waals surface area contributed by atoms with E-state index in [0.29, 0.717) is 44.6 Å². The van der Waals surface area contributed by atoms with Crippen molar-refractivity contribution in [2.24, 2.45) is 0 Å². The lowest BCUT2D eigenvalue weighted by Crippen LogP contribution is -2.33. The van der Waals surface area contributed by atoms with E-state index in [-0.39, 0.29) is 29.9 Å². The number of nitrogens with zero attached hydrogens (tertiary/aromatic N) is 2. The van der Waals surface area contributed by atoms with Crippen LogP contribution in [-0.2, 0) is 20.9 Å². The summed E-state index contributed by atoms with van der Waals surface area (Å²) in [6.07, 6.45) is 3.44. The standard InChI is InChI=1S/C28H39N3O5/c1-4-30(5-2)28(35)21(3)23-18-16-22(17-19-23)20-31(24-12-10-11-13-25(24)32)27(34)15-9-7-6-8-14-26(33)29-36/h10-13,16-19,21,32,36H,4-9,14-15,20H2,1-3H3,(H,29,33). The first-order chi connectivity index (χ1) is 17.3. The van der Waals surface area contributed by atoms with Crippen LogP contribution in [0.5, 0.6) is 5.75 Å². The molecule has 8 nitrogen and oxygen atoms in total. The van der Waals surface area contributed by atoms with Gasteiger partial charge in [0.25, 0.3) is 0 Å². The van der Waals surface area contributed by atoms with E-state index < -0.39 is 5.91 Å². The van der Waals surface area contributed by atoms with Gasteiger partial charge in [0.05, 0.1) is 18.2 Å². The van der Waals surface area contributed by atoms with E-state index in [9.17, 15) is 19.5 Å². The lowest BCUT2D eigenvalue weighted by atomic mass is 9.98. The highest BCUT2D eigenvalue weighted by Crippen LogP contribution is 2.29. The highest BCUT2D eigenvalue weighted by molar-refractivity contribution is 5.94. The first-order valence-corrected chi connectivity index (χ1v) is 12.7. The summed E-state index contributed by atoms with van der Waals surface area (Å²) >= 11 is 0. The minimum absolute atomic E-state index is 0.0379. The number of carbonyl (C=O) groups excluding carboxylic acids is 3. The topological polar surface area (TPSA) is 110 Å². The van der Waals surface area contributed by atoms with Gasteiger partial charge in [0, 0.05) is 25.9 Å². The number of likely N-dealkylation sites (N-methyl/N-ethyl adjacent to an activating group) is 1. The molecule has 196 valence electrons. The van der Waals surface area contributed by atoms with Gasteiger partial charge in [-0.25, -0.2) is 5.48 Å². The number of rotatable bonds is 14. The summed E-state index contributed by atoms with van der Waals surface area (Å²) in [5.41, 5.74) is 3.89. The van der Waals surface area contributed by atoms with Crippen molar-refractivity contribution in [1.82, 2.24) is 10.4 Å². The number of aromatic hydroxyl groups is 1. The molecule has 0 fully saturated rings. The van der Waals surface area contributed by atoms with Gasteiger partial charge in [0.1, 0.15) is 5.75 Å². The molecule has 0 aliphatic heterocycles. The maximum Gasteiger partial charge on any atom is 0.243 e. The monoisotopic (exact) mass is 497 g/mol. The first kappa shape index (κ1) is 28.8. The van der Waals surface area contributed by atoms with Gasteiger partial charge in [-0.1, -0.05) is 49.2 Å². The average molecular weight is 498 g/mol. The molecule has 0 aromatic heterocycles. The van der Waals surface area contributed by atoms with E-state index in [2.05, 4.69) is 0 Å². The number of benzene rings is 2. The Labute approximate surface area is 213 Å². The molecule has 0 bridgehead atoms. The zero-order valence-electron chi connectivity index (χ0n) is 21.6. The second-order valence-electron chi connectivity index (χ2n) is 8.89. The van der Waals surface area contributed by atoms with Crippen molar-refractivity contribution in [3.05, 3.63) is 59.7 Å². The maximum atomic E-state index is 13.2. The number of phenols is 1. The Morgan fingerprint density at radius 1 is 0.889 bits per heavy atom. The van der Waals surface area contributed by atoms with Gasteiger partial charge < -0.3 is 14.9 Å². The molecule has 1 unspecified atom stereocenters. The first-order valence-electron chi connectivity index (χ1n) is 12.7. The molecule has 8 heteroatoms. The van der Waals surface area contributed by atoms with Crippen LogP contribution in [0, 0.1) is 0 Å². The van der Waals surface area contributed by atoms with E-state index in [4.69, 9.17) is 5.21 Å². The zero-order valence-corrected chi connectivity index (χ0v) is 21.6. The quantitative estimate of drug-likeness (QED) is 0.198. The van der Waals surface area contributed by atoms with E-state index >= 15 is 0 Å². The molecule has 0 aliphatic carbocycles. The third-order valence-electron chi connectivity index (χ3n) is 6.41. The number of phenolic OH excluding ortho intramolecular Hbond substituents is 1. The van der Waals surface area contributed by atoms with Crippen LogP contribution in [-0.4, -0.2) is 46.0 Å². The van der Waals surface area contributed by atoms with Crippen molar-refractivity contribution >= 4 is 23.4 Å². The Hall–Kier alpha value is -3.39. The maximum absolute atomic E-state index is 13.2. The molecule has 0 saturated heterocycles. The fraction of sp³-hybridized carbons (Fsp3) is 0.464. The fourth-order valence-corrected chi connectivity index (χ4v) is 4.15. The van der Waals surface area contributed by atoms with Crippen LogP contribution in [0.1, 0.15) is 76.3 Å². The van der Waals surface area contributed by atoms with Crippen molar-refractivity contribution in [2.45, 2.75) is 71.8 Å². The summed E-state index contributed by atoms with van der Waals surface area (Å²) in [6, 6.07) is 14.5. The Kier molecular flexibility index (Phi) is 11.9. The van der Waals surface area contributed by atoms with Crippen molar-refractivity contribution < 1.29 is 24.7 Å². The molecule has 2 aromatic carbocycles. The predicted octanol–water partition coefficient (Wildman–Crippen LogP) is 4.74. The van der Waals surface area contributed by atoms with E-state index in [0.717, 1.165) is 24.0 Å². The fourth-order valence-electron chi connectivity index (χ4n) is 4.15. The molecule has 0 heterocycles. The summed E-state index contributed by atoms with van der Waals surface area (Å²) in [5, 5.41) is 19.0. The summed E-state index contributed by atoms with van der Waals surface area (Å²) in [4.78, 5) is 40.4. The van der Waals surface area contributed by atoms with Gasteiger partial charge in [-0.2, -0.15) is 0 Å². The van der Waals surface area contributed by atoms with Crippen molar-refractivity contribution in [3.8, 4) is 5.75 Å². The average Bonchev–Trinajstić information content (AvgIpc) is 2.90. The van der Waals surface area contributed by atoms with Gasteiger partial charge in [0.2, 0.25) is 17.7 Å². The Bertz CT molecular complexity index is 989. The van der Waals surface area contributed by atoms with E-state index in [1.165, 1.54) is 0 Å². The van der Waals surface area contributed by atoms with Crippen molar-refractivity contribution in [3.63, 3.8) is 0 Å². The van der Waals surface area contributed by atoms with Gasteiger partial charge >= 0.3 is 0 Å². The van der Waals surface area contributed by atoms with Crippen molar-refractivity contribution in [1.29, 1.82) is 0 Å². The normalized spacial score (nSPS) is 11.6. The van der Waals surface area contributed by atoms with Gasteiger partial charge in [-0.3, -0.25) is 19.6 Å². The van der Waals surface area contributed by atoms with Crippen LogP contribution in [0.25, 0.3) is 0 Å². The number of hydroxylamine groups is 1. The highest BCUT2D eigenvalue weighted by atomic mass is 16.5. The molecule has 0 radical (unpaired) electrons. The number of hydrogen-bond donors (Lipinski definition) is 3. The SMILES string of the molecule is CCN(CC)C(=O)C(C)c1ccc(CN(C(=O)CCCCCCC(=O)NO)c2ccccc2O)cc1. The molecule has 3 N–H and O–H groups in total. The summed E-state index contributed by atoms with van der Waals surface area (Å²) in [7, 11) is 0. The van der Waals surface area contributed by atoms with Crippen LogP contribution in [0.15, 0.2) is 48.5 Å². The Morgan fingerprint density at radius 3 is 2.08 bits per heavy atom. The third-order valence-corrected chi connectivity index (χ3v) is 6.41. The predicted molar refractivity (Wildman–Crippen MR) is 140 cm³/mol. The Balaban J connectivity index is 2.07. The molecule has 0 spiro atoms. The minimum atomic E-state index is -0.408. The van der Waals surface area contributed by atoms with Gasteiger partial charge in [-0.05, 0) is 56.9 Å². The van der Waals surface area contributed by atoms with Crippen LogP contribution in [0.3, 0.4) is 0 Å². The number of amides is 3. The number of para-hydroxylation sites is 2. The molecular formula is C28H39N3O5. The number of carbonyl (C=O) groups is 3. The minimum Gasteiger partial charge on any atom is -0.506 e. The van der Waals surface area contributed by atoms with Gasteiger partial charge in [0.15, 0.2) is 0 Å². The summed E-state index contributed by atoms with van der Waals surface area (Å²) in [6.45, 7) is 7.49. The second-order valence-corrected chi connectivity index (χ2v) is 8.89. The van der Waals surface area contributed by atoms with Gasteiger partial charge in [-0.15, -0.1) is 0 Å². The molecule has 3 amide bonds. The smallest absolute Gasteiger partial charge is 0.243 e. The number of nitrogens with one attached hydrogen (secondary N) is 1. The second kappa shape index (κ2) is 14.9. The lowest BCUT2D eigenvalue weighted by molar-refractivity contribution is -0.132.